The van der Waals surface area contributed by atoms with Gasteiger partial charge in [-0.05, 0) is 38.5 Å². The Morgan fingerprint density at radius 2 is 1.91 bits per heavy atom. The van der Waals surface area contributed by atoms with E-state index in [0.29, 0.717) is 11.8 Å². The van der Waals surface area contributed by atoms with E-state index in [2.05, 4.69) is 14.9 Å². The van der Waals surface area contributed by atoms with E-state index in [1.165, 1.54) is 12.8 Å². The third-order valence-corrected chi connectivity index (χ3v) is 4.03. The molecule has 2 fully saturated rings. The maximum absolute atomic E-state index is 6.26. The zero-order valence-corrected chi connectivity index (χ0v) is 14.6. The predicted octanol–water partition coefficient (Wildman–Crippen LogP) is 1.86. The first kappa shape index (κ1) is 19.1. The lowest BCUT2D eigenvalue weighted by atomic mass is 9.99. The summed E-state index contributed by atoms with van der Waals surface area (Å²) in [5, 5.41) is 0. The highest BCUT2D eigenvalue weighted by Gasteiger charge is 2.41. The van der Waals surface area contributed by atoms with Crippen LogP contribution < -0.4 is 21.1 Å². The third-order valence-electron chi connectivity index (χ3n) is 4.03. The summed E-state index contributed by atoms with van der Waals surface area (Å²) in [6.45, 7) is 5.72. The number of nitrogens with zero attached hydrogens (tertiary/aromatic N) is 3. The van der Waals surface area contributed by atoms with Gasteiger partial charge in [-0.2, -0.15) is 9.97 Å². The highest BCUT2D eigenvalue weighted by molar-refractivity contribution is 5.85. The first-order valence-electron chi connectivity index (χ1n) is 7.34. The van der Waals surface area contributed by atoms with Gasteiger partial charge in [-0.3, -0.25) is 0 Å². The van der Waals surface area contributed by atoms with Crippen LogP contribution in [0.5, 0.6) is 5.88 Å². The lowest BCUT2D eigenvalue weighted by Crippen LogP contribution is -2.30. The molecule has 22 heavy (non-hydrogen) atoms. The molecule has 1 aliphatic heterocycles. The Morgan fingerprint density at radius 3 is 2.50 bits per heavy atom. The molecule has 1 aliphatic carbocycles. The molecular formula is C14H25Cl2N5O. The van der Waals surface area contributed by atoms with Gasteiger partial charge in [0.2, 0.25) is 11.8 Å². The van der Waals surface area contributed by atoms with Gasteiger partial charge >= 0.3 is 0 Å². The summed E-state index contributed by atoms with van der Waals surface area (Å²) in [5.41, 5.74) is 12.0. The summed E-state index contributed by atoms with van der Waals surface area (Å²) >= 11 is 0. The number of ether oxygens (including phenoxy) is 1. The molecule has 1 aromatic rings. The predicted molar refractivity (Wildman–Crippen MR) is 93.1 cm³/mol. The van der Waals surface area contributed by atoms with Gasteiger partial charge in [0.05, 0.1) is 6.10 Å². The van der Waals surface area contributed by atoms with Gasteiger partial charge in [0, 0.05) is 25.2 Å². The Kier molecular flexibility index (Phi) is 6.52. The Morgan fingerprint density at radius 1 is 1.23 bits per heavy atom. The zero-order chi connectivity index (χ0) is 14.3. The standard InChI is InChI=1S/C14H23N5O.2ClH/c1-8(2)20-13-5-12(17-14(16)18-13)19-6-10(9-3-4-9)11(15)7-19;;/h5,8-11H,3-4,6-7,15H2,1-2H3,(H2,16,17,18);2*1H/t10-,11+;;/m1../s1. The highest BCUT2D eigenvalue weighted by Crippen LogP contribution is 2.41. The second kappa shape index (κ2) is 7.53. The zero-order valence-electron chi connectivity index (χ0n) is 12.9. The van der Waals surface area contributed by atoms with Crippen LogP contribution in [0.4, 0.5) is 11.8 Å². The quantitative estimate of drug-likeness (QED) is 0.862. The topological polar surface area (TPSA) is 90.3 Å². The summed E-state index contributed by atoms with van der Waals surface area (Å²) in [6, 6.07) is 2.09. The number of rotatable bonds is 4. The lowest BCUT2D eigenvalue weighted by molar-refractivity contribution is 0.232. The molecule has 1 saturated heterocycles. The van der Waals surface area contributed by atoms with E-state index in [0.717, 1.165) is 24.8 Å². The fraction of sp³-hybridized carbons (Fsp3) is 0.714. The van der Waals surface area contributed by atoms with Crippen LogP contribution in [0.3, 0.4) is 0 Å². The van der Waals surface area contributed by atoms with Crippen molar-refractivity contribution >= 4 is 36.6 Å². The van der Waals surface area contributed by atoms with Crippen molar-refractivity contribution in [2.24, 2.45) is 17.6 Å². The normalized spacial score (nSPS) is 23.9. The van der Waals surface area contributed by atoms with E-state index in [9.17, 15) is 0 Å². The molecule has 0 bridgehead atoms. The van der Waals surface area contributed by atoms with Crippen LogP contribution in [0.25, 0.3) is 0 Å². The Hall–Kier alpha value is -0.980. The van der Waals surface area contributed by atoms with Crippen LogP contribution in [0.2, 0.25) is 0 Å². The van der Waals surface area contributed by atoms with Crippen molar-refractivity contribution in [3.05, 3.63) is 6.07 Å². The molecule has 0 unspecified atom stereocenters. The number of nitrogens with two attached hydrogens (primary N) is 2. The molecule has 1 aromatic heterocycles. The summed E-state index contributed by atoms with van der Waals surface area (Å²) in [6.07, 6.45) is 2.71. The largest absolute Gasteiger partial charge is 0.475 e. The molecule has 0 aromatic carbocycles. The molecule has 2 heterocycles. The first-order valence-corrected chi connectivity index (χ1v) is 7.34. The van der Waals surface area contributed by atoms with Crippen molar-refractivity contribution in [1.82, 2.24) is 9.97 Å². The molecule has 2 atom stereocenters. The minimum Gasteiger partial charge on any atom is -0.475 e. The van der Waals surface area contributed by atoms with E-state index >= 15 is 0 Å². The smallest absolute Gasteiger partial charge is 0.225 e. The van der Waals surface area contributed by atoms with E-state index in [1.54, 1.807) is 0 Å². The molecule has 4 N–H and O–H groups in total. The first-order chi connectivity index (χ1) is 9.52. The van der Waals surface area contributed by atoms with Gasteiger partial charge < -0.3 is 21.1 Å². The van der Waals surface area contributed by atoms with Crippen molar-refractivity contribution in [2.75, 3.05) is 23.7 Å². The SMILES string of the molecule is CC(C)Oc1cc(N2C[C@H](C3CC3)[C@@H](N)C2)nc(N)n1.Cl.Cl. The molecule has 8 heteroatoms. The van der Waals surface area contributed by atoms with Gasteiger partial charge in [0.25, 0.3) is 0 Å². The van der Waals surface area contributed by atoms with Crippen molar-refractivity contribution in [3.8, 4) is 5.88 Å². The molecule has 0 radical (unpaired) electrons. The van der Waals surface area contributed by atoms with Gasteiger partial charge in [0.1, 0.15) is 5.82 Å². The average Bonchev–Trinajstić information content (AvgIpc) is 3.11. The number of hydrogen-bond acceptors (Lipinski definition) is 6. The fourth-order valence-corrected chi connectivity index (χ4v) is 2.96. The third kappa shape index (κ3) is 4.27. The molecule has 2 aliphatic rings. The fourth-order valence-electron chi connectivity index (χ4n) is 2.96. The van der Waals surface area contributed by atoms with Crippen molar-refractivity contribution < 1.29 is 4.74 Å². The second-order valence-corrected chi connectivity index (χ2v) is 6.16. The van der Waals surface area contributed by atoms with Crippen LogP contribution in [0.1, 0.15) is 26.7 Å². The highest BCUT2D eigenvalue weighted by atomic mass is 35.5. The molecule has 6 nitrogen and oxygen atoms in total. The minimum absolute atomic E-state index is 0. The maximum atomic E-state index is 6.26. The minimum atomic E-state index is 0. The lowest BCUT2D eigenvalue weighted by Gasteiger charge is -2.18. The van der Waals surface area contributed by atoms with Crippen LogP contribution in [-0.2, 0) is 0 Å². The van der Waals surface area contributed by atoms with Crippen LogP contribution >= 0.6 is 24.8 Å². The number of hydrogen-bond donors (Lipinski definition) is 2. The Labute approximate surface area is 143 Å². The van der Waals surface area contributed by atoms with Gasteiger partial charge in [0.15, 0.2) is 0 Å². The van der Waals surface area contributed by atoms with Gasteiger partial charge in [-0.25, -0.2) is 0 Å². The van der Waals surface area contributed by atoms with Crippen LogP contribution in [0, 0.1) is 11.8 Å². The average molecular weight is 350 g/mol. The number of anilines is 2. The summed E-state index contributed by atoms with van der Waals surface area (Å²) in [7, 11) is 0. The molecule has 3 rings (SSSR count). The second-order valence-electron chi connectivity index (χ2n) is 6.16. The molecule has 0 spiro atoms. The molecular weight excluding hydrogens is 325 g/mol. The van der Waals surface area contributed by atoms with E-state index < -0.39 is 0 Å². The summed E-state index contributed by atoms with van der Waals surface area (Å²) < 4.78 is 5.62. The van der Waals surface area contributed by atoms with Gasteiger partial charge in [-0.15, -0.1) is 24.8 Å². The van der Waals surface area contributed by atoms with E-state index in [1.807, 2.05) is 19.9 Å². The van der Waals surface area contributed by atoms with Gasteiger partial charge in [-0.1, -0.05) is 0 Å². The van der Waals surface area contributed by atoms with Crippen LogP contribution in [-0.4, -0.2) is 35.2 Å². The molecule has 1 saturated carbocycles. The van der Waals surface area contributed by atoms with Crippen molar-refractivity contribution in [3.63, 3.8) is 0 Å². The number of nitrogen functional groups attached to an aromatic ring is 1. The number of halogens is 2. The number of aromatic nitrogens is 2. The van der Waals surface area contributed by atoms with E-state index in [-0.39, 0.29) is 42.9 Å². The Balaban J connectivity index is 0.00000121. The van der Waals surface area contributed by atoms with Crippen molar-refractivity contribution in [1.29, 1.82) is 0 Å². The molecule has 126 valence electrons. The van der Waals surface area contributed by atoms with Crippen LogP contribution in [0.15, 0.2) is 6.07 Å². The van der Waals surface area contributed by atoms with E-state index in [4.69, 9.17) is 16.2 Å². The summed E-state index contributed by atoms with van der Waals surface area (Å²) in [4.78, 5) is 10.7. The molecule has 0 amide bonds. The Bertz CT molecular complexity index is 498. The van der Waals surface area contributed by atoms with Crippen molar-refractivity contribution in [2.45, 2.75) is 38.8 Å². The summed E-state index contributed by atoms with van der Waals surface area (Å²) in [5.74, 6) is 3.00. The maximum Gasteiger partial charge on any atom is 0.225 e. The monoisotopic (exact) mass is 349 g/mol.